The smallest absolute Gasteiger partial charge is 0.150 e. The minimum absolute atomic E-state index is 0.513. The SMILES string of the molecule is COc1cc[c]c(C=O)c1. The first-order valence-corrected chi connectivity index (χ1v) is 2.87. The molecule has 0 saturated carbocycles. The summed E-state index contributed by atoms with van der Waals surface area (Å²) in [5.74, 6) is 0.681. The van der Waals surface area contributed by atoms with Gasteiger partial charge in [-0.2, -0.15) is 0 Å². The molecule has 0 aromatic heterocycles. The van der Waals surface area contributed by atoms with Crippen LogP contribution in [0.1, 0.15) is 10.4 Å². The van der Waals surface area contributed by atoms with Crippen LogP contribution in [0.2, 0.25) is 0 Å². The van der Waals surface area contributed by atoms with Gasteiger partial charge in [-0.25, -0.2) is 0 Å². The summed E-state index contributed by atoms with van der Waals surface area (Å²) in [6, 6.07) is 7.78. The van der Waals surface area contributed by atoms with Gasteiger partial charge in [-0.05, 0) is 24.3 Å². The van der Waals surface area contributed by atoms with Crippen molar-refractivity contribution in [2.75, 3.05) is 7.11 Å². The van der Waals surface area contributed by atoms with Crippen molar-refractivity contribution in [1.82, 2.24) is 0 Å². The van der Waals surface area contributed by atoms with Crippen LogP contribution in [0, 0.1) is 6.07 Å². The Morgan fingerprint density at radius 1 is 1.70 bits per heavy atom. The first-order chi connectivity index (χ1) is 4.86. The van der Waals surface area contributed by atoms with Crippen molar-refractivity contribution in [2.45, 2.75) is 0 Å². The van der Waals surface area contributed by atoms with Crippen LogP contribution >= 0.6 is 0 Å². The molecule has 0 unspecified atom stereocenters. The fourth-order valence-electron chi connectivity index (χ4n) is 0.658. The van der Waals surface area contributed by atoms with E-state index in [1.165, 1.54) is 0 Å². The summed E-state index contributed by atoms with van der Waals surface area (Å²) in [6.07, 6.45) is 0.739. The zero-order valence-electron chi connectivity index (χ0n) is 5.63. The molecule has 0 aliphatic heterocycles. The zero-order chi connectivity index (χ0) is 7.40. The Balaban J connectivity index is 2.98. The second-order valence-corrected chi connectivity index (χ2v) is 1.80. The maximum atomic E-state index is 10.2. The summed E-state index contributed by atoms with van der Waals surface area (Å²) in [5, 5.41) is 0. The highest BCUT2D eigenvalue weighted by Crippen LogP contribution is 2.09. The number of rotatable bonds is 2. The third kappa shape index (κ3) is 1.35. The second kappa shape index (κ2) is 3.01. The number of aldehydes is 1. The van der Waals surface area contributed by atoms with Crippen LogP contribution < -0.4 is 4.74 Å². The first-order valence-electron chi connectivity index (χ1n) is 2.87. The largest absolute Gasteiger partial charge is 0.497 e. The molecular formula is C8H7O2. The van der Waals surface area contributed by atoms with Crippen LogP contribution in [0.15, 0.2) is 18.2 Å². The van der Waals surface area contributed by atoms with Gasteiger partial charge in [0.2, 0.25) is 0 Å². The molecule has 0 aliphatic rings. The lowest BCUT2D eigenvalue weighted by Gasteiger charge is -1.96. The van der Waals surface area contributed by atoms with Gasteiger partial charge in [0.05, 0.1) is 7.11 Å². The standard InChI is InChI=1S/C8H7O2/c1-10-8-4-2-3-7(5-8)6-9/h2,4-6H,1H3. The molecule has 0 saturated heterocycles. The minimum Gasteiger partial charge on any atom is -0.497 e. The molecule has 51 valence electrons. The van der Waals surface area contributed by atoms with Crippen molar-refractivity contribution in [3.05, 3.63) is 29.8 Å². The normalized spacial score (nSPS) is 8.90. The minimum atomic E-state index is 0.513. The molecule has 0 atom stereocenters. The highest BCUT2D eigenvalue weighted by atomic mass is 16.5. The molecule has 1 aromatic carbocycles. The predicted molar refractivity (Wildman–Crippen MR) is 37.2 cm³/mol. The topological polar surface area (TPSA) is 26.3 Å². The first kappa shape index (κ1) is 6.81. The number of methoxy groups -OCH3 is 1. The van der Waals surface area contributed by atoms with E-state index < -0.39 is 0 Å². The van der Waals surface area contributed by atoms with Crippen LogP contribution in [0.25, 0.3) is 0 Å². The number of hydrogen-bond acceptors (Lipinski definition) is 2. The fraction of sp³-hybridized carbons (Fsp3) is 0.125. The number of carbonyl (C=O) groups is 1. The molecule has 0 fully saturated rings. The van der Waals surface area contributed by atoms with Gasteiger partial charge in [0.15, 0.2) is 6.29 Å². The zero-order valence-corrected chi connectivity index (χ0v) is 5.63. The lowest BCUT2D eigenvalue weighted by Crippen LogP contribution is -1.84. The number of carbonyl (C=O) groups excluding carboxylic acids is 1. The van der Waals surface area contributed by atoms with Crippen molar-refractivity contribution in [3.8, 4) is 5.75 Å². The molecule has 1 rings (SSSR count). The average molecular weight is 135 g/mol. The highest BCUT2D eigenvalue weighted by Gasteiger charge is 1.91. The van der Waals surface area contributed by atoms with Crippen molar-refractivity contribution in [3.63, 3.8) is 0 Å². The Labute approximate surface area is 59.4 Å². The fourth-order valence-corrected chi connectivity index (χ4v) is 0.658. The molecule has 10 heavy (non-hydrogen) atoms. The molecule has 0 aliphatic carbocycles. The second-order valence-electron chi connectivity index (χ2n) is 1.80. The highest BCUT2D eigenvalue weighted by molar-refractivity contribution is 5.74. The van der Waals surface area contributed by atoms with E-state index in [1.807, 2.05) is 0 Å². The summed E-state index contributed by atoms with van der Waals surface area (Å²) in [7, 11) is 1.56. The molecule has 2 heteroatoms. The summed E-state index contributed by atoms with van der Waals surface area (Å²) in [4.78, 5) is 10.2. The van der Waals surface area contributed by atoms with E-state index in [-0.39, 0.29) is 0 Å². The Kier molecular flexibility index (Phi) is 2.05. The Bertz CT molecular complexity index is 230. The summed E-state index contributed by atoms with van der Waals surface area (Å²) < 4.78 is 4.88. The number of ether oxygens (including phenoxy) is 1. The van der Waals surface area contributed by atoms with E-state index in [0.717, 1.165) is 6.29 Å². The quantitative estimate of drug-likeness (QED) is 0.571. The molecule has 0 heterocycles. The Morgan fingerprint density at radius 2 is 2.50 bits per heavy atom. The average Bonchev–Trinajstić information content (AvgIpc) is 2.05. The molecule has 1 radical (unpaired) electrons. The molecule has 1 aromatic rings. The lowest BCUT2D eigenvalue weighted by atomic mass is 10.2. The van der Waals surface area contributed by atoms with Crippen LogP contribution in [0.5, 0.6) is 5.75 Å². The monoisotopic (exact) mass is 135 g/mol. The third-order valence-corrected chi connectivity index (χ3v) is 1.16. The number of hydrogen-bond donors (Lipinski definition) is 0. The number of benzene rings is 1. The van der Waals surface area contributed by atoms with Gasteiger partial charge >= 0.3 is 0 Å². The summed E-state index contributed by atoms with van der Waals surface area (Å²) in [6.45, 7) is 0. The van der Waals surface area contributed by atoms with Crippen LogP contribution in [0.3, 0.4) is 0 Å². The van der Waals surface area contributed by atoms with Crippen molar-refractivity contribution >= 4 is 6.29 Å². The van der Waals surface area contributed by atoms with E-state index in [1.54, 1.807) is 25.3 Å². The lowest BCUT2D eigenvalue weighted by molar-refractivity contribution is 0.112. The molecular weight excluding hydrogens is 128 g/mol. The van der Waals surface area contributed by atoms with Gasteiger partial charge in [0.25, 0.3) is 0 Å². The predicted octanol–water partition coefficient (Wildman–Crippen LogP) is 1.31. The summed E-state index contributed by atoms with van der Waals surface area (Å²) >= 11 is 0. The maximum absolute atomic E-state index is 10.2. The Hall–Kier alpha value is -1.31. The van der Waals surface area contributed by atoms with E-state index in [4.69, 9.17) is 4.74 Å². The molecule has 0 bridgehead atoms. The van der Waals surface area contributed by atoms with Crippen LogP contribution in [0.4, 0.5) is 0 Å². The molecule has 0 amide bonds. The van der Waals surface area contributed by atoms with Crippen molar-refractivity contribution in [1.29, 1.82) is 0 Å². The molecule has 0 spiro atoms. The van der Waals surface area contributed by atoms with E-state index >= 15 is 0 Å². The van der Waals surface area contributed by atoms with Crippen LogP contribution in [-0.2, 0) is 0 Å². The Morgan fingerprint density at radius 3 is 3.10 bits per heavy atom. The maximum Gasteiger partial charge on any atom is 0.150 e. The molecule has 0 N–H and O–H groups in total. The van der Waals surface area contributed by atoms with Crippen molar-refractivity contribution in [2.24, 2.45) is 0 Å². The summed E-state index contributed by atoms with van der Waals surface area (Å²) in [5.41, 5.74) is 0.513. The van der Waals surface area contributed by atoms with Crippen LogP contribution in [-0.4, -0.2) is 13.4 Å². The van der Waals surface area contributed by atoms with Gasteiger partial charge in [0.1, 0.15) is 5.75 Å². The molecule has 2 nitrogen and oxygen atoms in total. The van der Waals surface area contributed by atoms with Gasteiger partial charge in [-0.1, -0.05) is 0 Å². The van der Waals surface area contributed by atoms with Crippen molar-refractivity contribution < 1.29 is 9.53 Å². The van der Waals surface area contributed by atoms with E-state index in [0.29, 0.717) is 11.3 Å². The van der Waals surface area contributed by atoms with Gasteiger partial charge in [-0.3, -0.25) is 4.79 Å². The van der Waals surface area contributed by atoms with E-state index in [9.17, 15) is 4.79 Å². The third-order valence-electron chi connectivity index (χ3n) is 1.16. The van der Waals surface area contributed by atoms with Gasteiger partial charge in [-0.15, -0.1) is 0 Å². The van der Waals surface area contributed by atoms with Gasteiger partial charge in [0, 0.05) is 5.56 Å². The van der Waals surface area contributed by atoms with Gasteiger partial charge < -0.3 is 4.74 Å². The van der Waals surface area contributed by atoms with E-state index in [2.05, 4.69) is 6.07 Å².